The van der Waals surface area contributed by atoms with Gasteiger partial charge >= 0.3 is 0 Å². The zero-order chi connectivity index (χ0) is 13.9. The number of benzene rings is 1. The summed E-state index contributed by atoms with van der Waals surface area (Å²) in [6.07, 6.45) is 4.90. The largest absolute Gasteiger partial charge is 0.399 e. The third-order valence-electron chi connectivity index (χ3n) is 4.44. The third-order valence-corrected chi connectivity index (χ3v) is 4.44. The van der Waals surface area contributed by atoms with Gasteiger partial charge in [0.25, 0.3) is 5.91 Å². The summed E-state index contributed by atoms with van der Waals surface area (Å²) < 4.78 is 0. The second-order valence-electron chi connectivity index (χ2n) is 5.86. The molecule has 0 bridgehead atoms. The predicted molar refractivity (Wildman–Crippen MR) is 80.8 cm³/mol. The number of nitrogens with zero attached hydrogens (tertiary/aromatic N) is 2. The fraction of sp³-hybridized carbons (Fsp3) is 0.562. The van der Waals surface area contributed by atoms with Crippen LogP contribution in [0.2, 0.25) is 0 Å². The first-order valence-corrected chi connectivity index (χ1v) is 7.64. The van der Waals surface area contributed by atoms with Gasteiger partial charge < -0.3 is 15.5 Å². The van der Waals surface area contributed by atoms with Crippen molar-refractivity contribution in [2.24, 2.45) is 0 Å². The van der Waals surface area contributed by atoms with Gasteiger partial charge in [0, 0.05) is 30.9 Å². The Kier molecular flexibility index (Phi) is 3.92. The van der Waals surface area contributed by atoms with Gasteiger partial charge in [-0.15, -0.1) is 0 Å². The number of nitrogens with two attached hydrogens (primary N) is 1. The Labute approximate surface area is 120 Å². The Balaban J connectivity index is 1.63. The number of hydrogen-bond acceptors (Lipinski definition) is 3. The SMILES string of the molecule is Nc1ccc2c(c1)C(=O)N(CCN1CCCCC1)CC2. The van der Waals surface area contributed by atoms with Gasteiger partial charge in [0.1, 0.15) is 0 Å². The van der Waals surface area contributed by atoms with Crippen LogP contribution in [0.15, 0.2) is 18.2 Å². The lowest BCUT2D eigenvalue weighted by atomic mass is 9.98. The Morgan fingerprint density at radius 2 is 1.85 bits per heavy atom. The number of carbonyl (C=O) groups is 1. The highest BCUT2D eigenvalue weighted by atomic mass is 16.2. The van der Waals surface area contributed by atoms with Crippen molar-refractivity contribution in [3.8, 4) is 0 Å². The molecule has 1 fully saturated rings. The number of anilines is 1. The van der Waals surface area contributed by atoms with Crippen molar-refractivity contribution in [1.29, 1.82) is 0 Å². The summed E-state index contributed by atoms with van der Waals surface area (Å²) >= 11 is 0. The smallest absolute Gasteiger partial charge is 0.254 e. The first-order chi connectivity index (χ1) is 9.74. The van der Waals surface area contributed by atoms with Crippen LogP contribution in [0.3, 0.4) is 0 Å². The predicted octanol–water partition coefficient (Wildman–Crippen LogP) is 1.75. The number of fused-ring (bicyclic) bond motifs is 1. The summed E-state index contributed by atoms with van der Waals surface area (Å²) in [7, 11) is 0. The van der Waals surface area contributed by atoms with E-state index in [4.69, 9.17) is 5.73 Å². The van der Waals surface area contributed by atoms with Crippen LogP contribution in [0, 0.1) is 0 Å². The van der Waals surface area contributed by atoms with Crippen LogP contribution < -0.4 is 5.73 Å². The zero-order valence-corrected chi connectivity index (χ0v) is 12.0. The average Bonchev–Trinajstić information content (AvgIpc) is 2.48. The molecule has 2 N–H and O–H groups in total. The Morgan fingerprint density at radius 1 is 1.05 bits per heavy atom. The molecule has 0 atom stereocenters. The van der Waals surface area contributed by atoms with E-state index >= 15 is 0 Å². The second kappa shape index (κ2) is 5.83. The Hall–Kier alpha value is -1.55. The minimum absolute atomic E-state index is 0.149. The van der Waals surface area contributed by atoms with Gasteiger partial charge in [0.2, 0.25) is 0 Å². The number of piperidine rings is 1. The molecule has 1 aromatic rings. The van der Waals surface area contributed by atoms with Crippen molar-refractivity contribution in [3.63, 3.8) is 0 Å². The Bertz CT molecular complexity index is 494. The van der Waals surface area contributed by atoms with Gasteiger partial charge in [-0.05, 0) is 50.0 Å². The zero-order valence-electron chi connectivity index (χ0n) is 12.0. The molecule has 0 unspecified atom stereocenters. The van der Waals surface area contributed by atoms with Gasteiger partial charge in [0.15, 0.2) is 0 Å². The molecule has 2 heterocycles. The minimum atomic E-state index is 0.149. The van der Waals surface area contributed by atoms with E-state index in [0.717, 1.165) is 37.2 Å². The molecule has 3 rings (SSSR count). The number of nitrogen functional groups attached to an aromatic ring is 1. The monoisotopic (exact) mass is 273 g/mol. The lowest BCUT2D eigenvalue weighted by molar-refractivity contribution is 0.0713. The molecule has 20 heavy (non-hydrogen) atoms. The van der Waals surface area contributed by atoms with E-state index in [9.17, 15) is 4.79 Å². The molecule has 4 heteroatoms. The number of amides is 1. The van der Waals surface area contributed by atoms with Crippen LogP contribution in [-0.2, 0) is 6.42 Å². The van der Waals surface area contributed by atoms with Crippen molar-refractivity contribution in [1.82, 2.24) is 9.80 Å². The van der Waals surface area contributed by atoms with Crippen LogP contribution in [0.25, 0.3) is 0 Å². The van der Waals surface area contributed by atoms with E-state index in [-0.39, 0.29) is 5.91 Å². The molecule has 4 nitrogen and oxygen atoms in total. The average molecular weight is 273 g/mol. The van der Waals surface area contributed by atoms with Crippen molar-refractivity contribution in [2.75, 3.05) is 38.5 Å². The maximum absolute atomic E-state index is 12.5. The fourth-order valence-electron chi connectivity index (χ4n) is 3.20. The van der Waals surface area contributed by atoms with Crippen LogP contribution >= 0.6 is 0 Å². The molecule has 0 saturated carbocycles. The van der Waals surface area contributed by atoms with Gasteiger partial charge in [0.05, 0.1) is 0 Å². The van der Waals surface area contributed by atoms with E-state index in [2.05, 4.69) is 4.90 Å². The molecule has 0 radical (unpaired) electrons. The number of rotatable bonds is 3. The first kappa shape index (κ1) is 13.4. The van der Waals surface area contributed by atoms with Crippen molar-refractivity contribution >= 4 is 11.6 Å². The molecule has 1 saturated heterocycles. The normalized spacial score (nSPS) is 20.0. The van der Waals surface area contributed by atoms with E-state index in [0.29, 0.717) is 5.69 Å². The molecule has 108 valence electrons. The van der Waals surface area contributed by atoms with E-state index in [1.165, 1.54) is 32.4 Å². The maximum Gasteiger partial charge on any atom is 0.254 e. The molecule has 0 spiro atoms. The van der Waals surface area contributed by atoms with Gasteiger partial charge in [-0.25, -0.2) is 0 Å². The highest BCUT2D eigenvalue weighted by molar-refractivity contribution is 5.97. The van der Waals surface area contributed by atoms with Crippen molar-refractivity contribution in [2.45, 2.75) is 25.7 Å². The quantitative estimate of drug-likeness (QED) is 0.854. The van der Waals surface area contributed by atoms with Crippen LogP contribution in [0.5, 0.6) is 0 Å². The number of hydrogen-bond donors (Lipinski definition) is 1. The minimum Gasteiger partial charge on any atom is -0.399 e. The molecule has 0 aromatic heterocycles. The summed E-state index contributed by atoms with van der Waals surface area (Å²) in [6, 6.07) is 5.70. The second-order valence-corrected chi connectivity index (χ2v) is 5.86. The van der Waals surface area contributed by atoms with E-state index < -0.39 is 0 Å². The maximum atomic E-state index is 12.5. The standard InChI is InChI=1S/C16H23N3O/c17-14-5-4-13-6-9-19(16(20)15(13)12-14)11-10-18-7-2-1-3-8-18/h4-5,12H,1-3,6-11,17H2. The first-order valence-electron chi connectivity index (χ1n) is 7.64. The summed E-state index contributed by atoms with van der Waals surface area (Å²) in [6.45, 7) is 5.05. The fourth-order valence-corrected chi connectivity index (χ4v) is 3.20. The van der Waals surface area contributed by atoms with Gasteiger partial charge in [-0.2, -0.15) is 0 Å². The highest BCUT2D eigenvalue weighted by Gasteiger charge is 2.24. The molecule has 2 aliphatic heterocycles. The van der Waals surface area contributed by atoms with Crippen LogP contribution in [0.4, 0.5) is 5.69 Å². The molecular formula is C16H23N3O. The summed E-state index contributed by atoms with van der Waals surface area (Å²) in [4.78, 5) is 17.0. The van der Waals surface area contributed by atoms with Crippen molar-refractivity contribution in [3.05, 3.63) is 29.3 Å². The number of carbonyl (C=O) groups excluding carboxylic acids is 1. The van der Waals surface area contributed by atoms with Crippen LogP contribution in [-0.4, -0.2) is 48.4 Å². The Morgan fingerprint density at radius 3 is 2.65 bits per heavy atom. The summed E-state index contributed by atoms with van der Waals surface area (Å²) in [5, 5.41) is 0. The number of likely N-dealkylation sites (tertiary alicyclic amines) is 1. The summed E-state index contributed by atoms with van der Waals surface area (Å²) in [5.41, 5.74) is 8.42. The lowest BCUT2D eigenvalue weighted by Crippen LogP contribution is -2.43. The molecule has 2 aliphatic rings. The molecule has 1 aromatic carbocycles. The molecule has 0 aliphatic carbocycles. The highest BCUT2D eigenvalue weighted by Crippen LogP contribution is 2.21. The lowest BCUT2D eigenvalue weighted by Gasteiger charge is -2.32. The summed E-state index contributed by atoms with van der Waals surface area (Å²) in [5.74, 6) is 0.149. The van der Waals surface area contributed by atoms with Crippen LogP contribution in [0.1, 0.15) is 35.2 Å². The molecule has 1 amide bonds. The van der Waals surface area contributed by atoms with Gasteiger partial charge in [-0.1, -0.05) is 12.5 Å². The topological polar surface area (TPSA) is 49.6 Å². The molecular weight excluding hydrogens is 250 g/mol. The van der Waals surface area contributed by atoms with Gasteiger partial charge in [-0.3, -0.25) is 4.79 Å². The van der Waals surface area contributed by atoms with E-state index in [1.807, 2.05) is 23.1 Å². The van der Waals surface area contributed by atoms with E-state index in [1.54, 1.807) is 0 Å². The van der Waals surface area contributed by atoms with Crippen molar-refractivity contribution < 1.29 is 4.79 Å². The third kappa shape index (κ3) is 2.80.